The Hall–Kier alpha value is -6.32. The first-order valence-electron chi connectivity index (χ1n) is 16.0. The summed E-state index contributed by atoms with van der Waals surface area (Å²) in [5.74, 6) is 0. The third-order valence-electron chi connectivity index (χ3n) is 9.07. The van der Waals surface area contributed by atoms with E-state index in [0.717, 1.165) is 28.4 Å². The van der Waals surface area contributed by atoms with Crippen LogP contribution in [0.1, 0.15) is 0 Å². The molecule has 7 aromatic carbocycles. The van der Waals surface area contributed by atoms with Crippen molar-refractivity contribution in [2.24, 2.45) is 0 Å². The lowest BCUT2D eigenvalue weighted by Gasteiger charge is -2.26. The van der Waals surface area contributed by atoms with Gasteiger partial charge in [0.05, 0.1) is 22.2 Å². The molecule has 0 amide bonds. The first-order chi connectivity index (χ1) is 23.3. The molecule has 9 aromatic rings. The highest BCUT2D eigenvalue weighted by Crippen LogP contribution is 2.42. The summed E-state index contributed by atoms with van der Waals surface area (Å²) in [6, 6.07) is 67.3. The molecule has 0 aliphatic carbocycles. The zero-order valence-electron chi connectivity index (χ0n) is 25.7. The Labute approximate surface area is 273 Å². The molecule has 3 nitrogen and oxygen atoms in total. The van der Waals surface area contributed by atoms with Crippen molar-refractivity contribution in [3.63, 3.8) is 0 Å². The third kappa shape index (κ3) is 4.52. The minimum Gasteiger partial charge on any atom is -0.310 e. The van der Waals surface area contributed by atoms with Crippen LogP contribution in [0.2, 0.25) is 0 Å². The second-order valence-electron chi connectivity index (χ2n) is 11.8. The predicted octanol–water partition coefficient (Wildman–Crippen LogP) is 11.9. The fourth-order valence-corrected chi connectivity index (χ4v) is 7.06. The molecule has 47 heavy (non-hydrogen) atoms. The van der Waals surface area contributed by atoms with Gasteiger partial charge in [0.25, 0.3) is 0 Å². The lowest BCUT2D eigenvalue weighted by atomic mass is 10.1. The number of para-hydroxylation sites is 4. The summed E-state index contributed by atoms with van der Waals surface area (Å²) >= 11 is 0. The highest BCUT2D eigenvalue weighted by atomic mass is 15.1. The molecule has 0 aliphatic rings. The number of anilines is 3. The maximum absolute atomic E-state index is 2.45. The highest BCUT2D eigenvalue weighted by Gasteiger charge is 2.21. The zero-order valence-corrected chi connectivity index (χ0v) is 25.7. The van der Waals surface area contributed by atoms with E-state index in [1.165, 1.54) is 44.0 Å². The van der Waals surface area contributed by atoms with Gasteiger partial charge < -0.3 is 14.0 Å². The van der Waals surface area contributed by atoms with Crippen LogP contribution < -0.4 is 4.90 Å². The molecule has 3 heteroatoms. The van der Waals surface area contributed by atoms with Crippen molar-refractivity contribution in [1.82, 2.24) is 9.13 Å². The molecule has 0 N–H and O–H groups in total. The molecule has 2 heterocycles. The van der Waals surface area contributed by atoms with E-state index in [2.05, 4.69) is 202 Å². The molecule has 0 radical (unpaired) electrons. The summed E-state index contributed by atoms with van der Waals surface area (Å²) in [5.41, 5.74) is 11.5. The Kier molecular flexibility index (Phi) is 6.46. The maximum Gasteiger partial charge on any atom is 0.0635 e. The van der Waals surface area contributed by atoms with Crippen LogP contribution >= 0.6 is 0 Å². The zero-order chi connectivity index (χ0) is 31.2. The molecular formula is C44H31N3. The smallest absolute Gasteiger partial charge is 0.0635 e. The largest absolute Gasteiger partial charge is 0.310 e. The van der Waals surface area contributed by atoms with Crippen LogP contribution in [0.4, 0.5) is 17.1 Å². The van der Waals surface area contributed by atoms with Gasteiger partial charge in [-0.3, -0.25) is 0 Å². The Morgan fingerprint density at radius 2 is 0.894 bits per heavy atom. The van der Waals surface area contributed by atoms with E-state index >= 15 is 0 Å². The first kappa shape index (κ1) is 27.0. The van der Waals surface area contributed by atoms with Crippen LogP contribution in [0.15, 0.2) is 188 Å². The number of nitrogens with zero attached hydrogens (tertiary/aromatic N) is 3. The summed E-state index contributed by atoms with van der Waals surface area (Å²) in [6.07, 6.45) is 0. The lowest BCUT2D eigenvalue weighted by molar-refractivity contribution is 1.13. The number of hydrogen-bond donors (Lipinski definition) is 0. The van der Waals surface area contributed by atoms with Gasteiger partial charge in [-0.1, -0.05) is 115 Å². The normalized spacial score (nSPS) is 11.4. The van der Waals surface area contributed by atoms with Crippen molar-refractivity contribution in [1.29, 1.82) is 0 Å². The summed E-state index contributed by atoms with van der Waals surface area (Å²) in [4.78, 5) is 2.33. The molecule has 0 atom stereocenters. The molecular weight excluding hydrogens is 571 g/mol. The molecule has 0 unspecified atom stereocenters. The van der Waals surface area contributed by atoms with Crippen molar-refractivity contribution in [2.75, 3.05) is 4.90 Å². The number of fused-ring (bicyclic) bond motifs is 5. The molecule has 0 saturated heterocycles. The molecule has 0 fully saturated rings. The molecule has 222 valence electrons. The predicted molar refractivity (Wildman–Crippen MR) is 198 cm³/mol. The SMILES string of the molecule is c1ccc(-c2cc3c(ccc4c5ccccc5n(-c5cccc(N(c6ccccc6)c6ccccc6)c5)c43)n2-c2ccccc2)cc1. The number of benzene rings is 7. The van der Waals surface area contributed by atoms with Crippen molar-refractivity contribution in [2.45, 2.75) is 0 Å². The van der Waals surface area contributed by atoms with Gasteiger partial charge in [-0.15, -0.1) is 0 Å². The van der Waals surface area contributed by atoms with Crippen LogP contribution in [0.3, 0.4) is 0 Å². The molecule has 2 aromatic heterocycles. The Morgan fingerprint density at radius 3 is 1.60 bits per heavy atom. The minimum absolute atomic E-state index is 1.10. The second kappa shape index (κ2) is 11.2. The van der Waals surface area contributed by atoms with Gasteiger partial charge in [0.1, 0.15) is 0 Å². The Bertz CT molecular complexity index is 2450. The van der Waals surface area contributed by atoms with Gasteiger partial charge in [-0.25, -0.2) is 0 Å². The summed E-state index contributed by atoms with van der Waals surface area (Å²) < 4.78 is 4.85. The number of rotatable bonds is 6. The van der Waals surface area contributed by atoms with Gasteiger partial charge >= 0.3 is 0 Å². The average Bonchev–Trinajstić information content (AvgIpc) is 3.70. The van der Waals surface area contributed by atoms with Crippen LogP contribution in [-0.2, 0) is 0 Å². The third-order valence-corrected chi connectivity index (χ3v) is 9.07. The monoisotopic (exact) mass is 601 g/mol. The second-order valence-corrected chi connectivity index (χ2v) is 11.8. The summed E-state index contributed by atoms with van der Waals surface area (Å²) in [6.45, 7) is 0. The van der Waals surface area contributed by atoms with E-state index in [1.54, 1.807) is 0 Å². The van der Waals surface area contributed by atoms with Gasteiger partial charge in [-0.05, 0) is 78.4 Å². The van der Waals surface area contributed by atoms with Gasteiger partial charge in [0, 0.05) is 44.6 Å². The van der Waals surface area contributed by atoms with Crippen molar-refractivity contribution in [3.05, 3.63) is 188 Å². The standard InChI is InChI=1S/C44H31N3/c1-5-16-32(17-6-1)43-31-40-42(46(43)35-22-11-4-12-23-35)29-28-39-38-26-13-14-27-41(38)47(44(39)40)37-25-15-24-36(30-37)45(33-18-7-2-8-19-33)34-20-9-3-10-21-34/h1-31H. The van der Waals surface area contributed by atoms with E-state index in [-0.39, 0.29) is 0 Å². The van der Waals surface area contributed by atoms with Crippen LogP contribution in [0, 0.1) is 0 Å². The van der Waals surface area contributed by atoms with Gasteiger partial charge in [0.2, 0.25) is 0 Å². The lowest BCUT2D eigenvalue weighted by Crippen LogP contribution is -2.10. The Balaban J connectivity index is 1.35. The van der Waals surface area contributed by atoms with E-state index in [9.17, 15) is 0 Å². The summed E-state index contributed by atoms with van der Waals surface area (Å²) in [7, 11) is 0. The number of aromatic nitrogens is 2. The average molecular weight is 602 g/mol. The van der Waals surface area contributed by atoms with Crippen molar-refractivity contribution >= 4 is 49.8 Å². The van der Waals surface area contributed by atoms with Crippen LogP contribution in [-0.4, -0.2) is 9.13 Å². The minimum atomic E-state index is 1.10. The van der Waals surface area contributed by atoms with E-state index in [0.29, 0.717) is 0 Å². The van der Waals surface area contributed by atoms with Crippen LogP contribution in [0.5, 0.6) is 0 Å². The molecule has 0 aliphatic heterocycles. The van der Waals surface area contributed by atoms with E-state index < -0.39 is 0 Å². The molecule has 0 bridgehead atoms. The topological polar surface area (TPSA) is 13.1 Å². The first-order valence-corrected chi connectivity index (χ1v) is 16.0. The van der Waals surface area contributed by atoms with Gasteiger partial charge in [0.15, 0.2) is 0 Å². The quantitative estimate of drug-likeness (QED) is 0.185. The Morgan fingerprint density at radius 1 is 0.340 bits per heavy atom. The maximum atomic E-state index is 2.45. The fraction of sp³-hybridized carbons (Fsp3) is 0. The van der Waals surface area contributed by atoms with E-state index in [4.69, 9.17) is 0 Å². The van der Waals surface area contributed by atoms with Crippen LogP contribution in [0.25, 0.3) is 55.3 Å². The van der Waals surface area contributed by atoms with Crippen molar-refractivity contribution in [3.8, 4) is 22.6 Å². The molecule has 0 spiro atoms. The molecule has 9 rings (SSSR count). The fourth-order valence-electron chi connectivity index (χ4n) is 7.06. The number of hydrogen-bond acceptors (Lipinski definition) is 1. The highest BCUT2D eigenvalue weighted by molar-refractivity contribution is 6.19. The molecule has 0 saturated carbocycles. The summed E-state index contributed by atoms with van der Waals surface area (Å²) in [5, 5.41) is 3.70. The van der Waals surface area contributed by atoms with Crippen molar-refractivity contribution < 1.29 is 0 Å². The van der Waals surface area contributed by atoms with Gasteiger partial charge in [-0.2, -0.15) is 0 Å². The van der Waals surface area contributed by atoms with E-state index in [1.807, 2.05) is 0 Å².